The summed E-state index contributed by atoms with van der Waals surface area (Å²) in [7, 11) is 0. The van der Waals surface area contributed by atoms with Gasteiger partial charge in [0, 0.05) is 41.5 Å². The van der Waals surface area contributed by atoms with Crippen LogP contribution in [0.25, 0.3) is 94.0 Å². The van der Waals surface area contributed by atoms with Crippen molar-refractivity contribution >= 4 is 54.5 Å². The van der Waals surface area contributed by atoms with Gasteiger partial charge in [-0.2, -0.15) is 0 Å². The monoisotopic (exact) mass is 1040 g/mol. The number of nitrogens with zero attached hydrogens (tertiary/aromatic N) is 3. The molecule has 0 saturated heterocycles. The number of furan rings is 1. The average molecular weight is 1040 g/mol. The van der Waals surface area contributed by atoms with Crippen LogP contribution in [0.2, 0.25) is 0 Å². The van der Waals surface area contributed by atoms with Gasteiger partial charge in [-0.15, -0.1) is 54.1 Å². The summed E-state index contributed by atoms with van der Waals surface area (Å²) >= 11 is 0. The van der Waals surface area contributed by atoms with Crippen molar-refractivity contribution in [3.8, 4) is 39.5 Å². The summed E-state index contributed by atoms with van der Waals surface area (Å²) in [6.07, 6.45) is 1.87. The van der Waals surface area contributed by atoms with Gasteiger partial charge in [-0.1, -0.05) is 144 Å². The van der Waals surface area contributed by atoms with E-state index in [2.05, 4.69) is 173 Å². The molecule has 5 heteroatoms. The number of hydrogen-bond donors (Lipinski definition) is 0. The number of aromatic nitrogens is 3. The van der Waals surface area contributed by atoms with E-state index >= 15 is 0 Å². The van der Waals surface area contributed by atoms with Gasteiger partial charge < -0.3 is 14.0 Å². The second kappa shape index (κ2) is 18.0. The van der Waals surface area contributed by atoms with Crippen LogP contribution in [0.5, 0.6) is 0 Å². The van der Waals surface area contributed by atoms with Crippen molar-refractivity contribution in [2.45, 2.75) is 72.6 Å². The first-order chi connectivity index (χ1) is 32.7. The summed E-state index contributed by atoms with van der Waals surface area (Å²) in [4.78, 5) is 9.64. The van der Waals surface area contributed by atoms with E-state index in [1.807, 2.05) is 48.7 Å². The zero-order chi connectivity index (χ0) is 47.5. The Bertz CT molecular complexity index is 3630. The van der Waals surface area contributed by atoms with E-state index in [-0.39, 0.29) is 42.9 Å². The third-order valence-electron chi connectivity index (χ3n) is 12.6. The van der Waals surface area contributed by atoms with Gasteiger partial charge in [0.25, 0.3) is 0 Å². The smallest absolute Gasteiger partial charge is 0.121 e. The van der Waals surface area contributed by atoms with Crippen molar-refractivity contribution in [1.29, 1.82) is 0 Å². The molecular formula is C61H53IrN3O-2. The van der Waals surface area contributed by atoms with Crippen molar-refractivity contribution in [2.75, 3.05) is 0 Å². The van der Waals surface area contributed by atoms with Gasteiger partial charge >= 0.3 is 0 Å². The van der Waals surface area contributed by atoms with Gasteiger partial charge in [0.05, 0.1) is 22.4 Å². The van der Waals surface area contributed by atoms with Gasteiger partial charge in [-0.3, -0.25) is 4.98 Å². The van der Waals surface area contributed by atoms with Crippen LogP contribution in [0.3, 0.4) is 0 Å². The molecule has 0 spiro atoms. The number of hydrogen-bond acceptors (Lipinski definition) is 3. The molecule has 3 aromatic heterocycles. The second-order valence-electron chi connectivity index (χ2n) is 18.6. The van der Waals surface area contributed by atoms with Gasteiger partial charge in [0.2, 0.25) is 0 Å². The summed E-state index contributed by atoms with van der Waals surface area (Å²) in [6.45, 7) is 13.0. The Hall–Kier alpha value is -6.65. The Kier molecular flexibility index (Phi) is 11.1. The minimum atomic E-state index is -2.37. The summed E-state index contributed by atoms with van der Waals surface area (Å²) in [5.74, 6) is 0.840. The Balaban J connectivity index is 0.000000296. The van der Waals surface area contributed by atoms with E-state index in [1.54, 1.807) is 12.1 Å². The molecule has 0 bridgehead atoms. The van der Waals surface area contributed by atoms with E-state index in [0.717, 1.165) is 60.9 Å². The number of benzene rings is 8. The molecule has 0 fully saturated rings. The molecule has 8 aromatic carbocycles. The first-order valence-corrected chi connectivity index (χ1v) is 22.5. The molecule has 0 unspecified atom stereocenters. The maximum atomic E-state index is 8.65. The molecule has 0 atom stereocenters. The molecule has 0 aliphatic rings. The van der Waals surface area contributed by atoms with Crippen LogP contribution < -0.4 is 0 Å². The molecule has 66 heavy (non-hydrogen) atoms. The first-order valence-electron chi connectivity index (χ1n) is 24.0. The molecule has 1 radical (unpaired) electrons. The van der Waals surface area contributed by atoms with Gasteiger partial charge in [-0.05, 0) is 121 Å². The summed E-state index contributed by atoms with van der Waals surface area (Å²) < 4.78 is 34.8. The zero-order valence-electron chi connectivity index (χ0n) is 41.3. The minimum absolute atomic E-state index is 0. The van der Waals surface area contributed by atoms with E-state index in [0.29, 0.717) is 28.0 Å². The van der Waals surface area contributed by atoms with E-state index in [4.69, 9.17) is 13.5 Å². The number of rotatable bonds is 6. The zero-order valence-corrected chi connectivity index (χ0v) is 40.7. The SMILES string of the molecule is CC(C)(C)c1ccnc(-c2[c-]cccc2)c1.[2H]C([2H])([2H])c1cccc2nc(-c3[c-]ccc4c3oc3cc5ccc6ccccc6c5cc34)n(-c3c(C(C)C)cc(-c4ccccc4)cc3C(C)C)c12.[Ir]. The fourth-order valence-electron chi connectivity index (χ4n) is 9.13. The summed E-state index contributed by atoms with van der Waals surface area (Å²) in [5.41, 5.74) is 12.5. The second-order valence-corrected chi connectivity index (χ2v) is 18.6. The number of fused-ring (bicyclic) bond motifs is 7. The first kappa shape index (κ1) is 40.8. The van der Waals surface area contributed by atoms with Crippen LogP contribution in [0.15, 0.2) is 168 Å². The third-order valence-corrected chi connectivity index (χ3v) is 12.6. The molecule has 0 aliphatic carbocycles. The molecule has 11 aromatic rings. The Labute approximate surface area is 405 Å². The van der Waals surface area contributed by atoms with Crippen LogP contribution in [0.4, 0.5) is 0 Å². The van der Waals surface area contributed by atoms with Gasteiger partial charge in [0.1, 0.15) is 5.58 Å². The van der Waals surface area contributed by atoms with E-state index < -0.39 is 6.85 Å². The van der Waals surface area contributed by atoms with E-state index in [1.165, 1.54) is 21.7 Å². The van der Waals surface area contributed by atoms with Crippen LogP contribution in [0, 0.1) is 19.0 Å². The van der Waals surface area contributed by atoms with Gasteiger partial charge in [0.15, 0.2) is 0 Å². The van der Waals surface area contributed by atoms with Gasteiger partial charge in [-0.25, -0.2) is 0 Å². The Morgan fingerprint density at radius 2 is 1.38 bits per heavy atom. The maximum absolute atomic E-state index is 8.65. The standard InChI is InChI=1S/C46H37N2O.C15H16N.Ir/c1-27(2)37-23-33(30-14-7-6-8-15-30)24-38(28(3)4)44(37)48-43-29(5)13-11-20-41(43)47-46(48)36-19-12-18-35-40-26-39-32(25-42(40)49-45(35)36)22-21-31-16-9-10-17-34(31)39;1-15(2,3)13-9-10-16-14(11-13)12-7-5-4-6-8-12;/h6-18,20-28H,1-5H3;4-7,9-11H,1-3H3;/q2*-1;/i5D3;;. The molecule has 0 saturated carbocycles. The average Bonchev–Trinajstić information content (AvgIpc) is 3.91. The van der Waals surface area contributed by atoms with E-state index in [9.17, 15) is 0 Å². The van der Waals surface area contributed by atoms with Crippen LogP contribution in [-0.4, -0.2) is 14.5 Å². The topological polar surface area (TPSA) is 43.9 Å². The Morgan fingerprint density at radius 1 is 0.636 bits per heavy atom. The predicted molar refractivity (Wildman–Crippen MR) is 273 cm³/mol. The molecule has 0 amide bonds. The van der Waals surface area contributed by atoms with Crippen molar-refractivity contribution in [1.82, 2.24) is 14.5 Å². The number of para-hydroxylation sites is 1. The molecule has 4 nitrogen and oxygen atoms in total. The van der Waals surface area contributed by atoms with Crippen molar-refractivity contribution in [3.63, 3.8) is 0 Å². The number of pyridine rings is 1. The summed E-state index contributed by atoms with van der Waals surface area (Å²) in [5, 5.41) is 6.62. The fourth-order valence-corrected chi connectivity index (χ4v) is 9.13. The largest absolute Gasteiger partial charge is 0.501 e. The van der Waals surface area contributed by atoms with Crippen LogP contribution in [0.1, 0.15) is 86.7 Å². The fraction of sp³-hybridized carbons (Fsp3) is 0.180. The van der Waals surface area contributed by atoms with Crippen LogP contribution >= 0.6 is 0 Å². The normalized spacial score (nSPS) is 12.7. The molecular weight excluding hydrogens is 983 g/mol. The molecule has 0 N–H and O–H groups in total. The molecule has 11 rings (SSSR count). The van der Waals surface area contributed by atoms with Crippen molar-refractivity contribution in [3.05, 3.63) is 198 Å². The van der Waals surface area contributed by atoms with Crippen LogP contribution in [-0.2, 0) is 25.5 Å². The summed E-state index contributed by atoms with van der Waals surface area (Å²) in [6, 6.07) is 60.3. The maximum Gasteiger partial charge on any atom is 0.121 e. The molecule has 3 heterocycles. The van der Waals surface area contributed by atoms with Crippen molar-refractivity contribution < 1.29 is 28.6 Å². The van der Waals surface area contributed by atoms with Crippen molar-refractivity contribution in [2.24, 2.45) is 0 Å². The molecule has 329 valence electrons. The quantitative estimate of drug-likeness (QED) is 0.123. The molecule has 0 aliphatic heterocycles. The number of imidazole rings is 1. The predicted octanol–water partition coefficient (Wildman–Crippen LogP) is 16.8. The number of aryl methyl sites for hydroxylation is 1. The minimum Gasteiger partial charge on any atom is -0.501 e. The third kappa shape index (κ3) is 8.16. The Morgan fingerprint density at radius 3 is 2.11 bits per heavy atom.